The molecule has 0 aliphatic rings. The number of benzene rings is 1. The molecule has 17 heavy (non-hydrogen) atoms. The minimum Gasteiger partial charge on any atom is -0.496 e. The van der Waals surface area contributed by atoms with E-state index in [1.165, 1.54) is 0 Å². The lowest BCUT2D eigenvalue weighted by atomic mass is 10.1. The number of hydrogen-bond acceptors (Lipinski definition) is 4. The van der Waals surface area contributed by atoms with Crippen molar-refractivity contribution in [1.29, 1.82) is 0 Å². The van der Waals surface area contributed by atoms with Gasteiger partial charge in [-0.05, 0) is 19.1 Å². The van der Waals surface area contributed by atoms with Crippen LogP contribution < -0.4 is 10.5 Å². The summed E-state index contributed by atoms with van der Waals surface area (Å²) in [5, 5.41) is 0. The van der Waals surface area contributed by atoms with E-state index < -0.39 is 0 Å². The molecular formula is C13H15N3O. The molecule has 4 nitrogen and oxygen atoms in total. The molecule has 2 N–H and O–H groups in total. The van der Waals surface area contributed by atoms with Crippen LogP contribution in [-0.2, 0) is 6.54 Å². The average molecular weight is 229 g/mol. The molecule has 0 saturated heterocycles. The van der Waals surface area contributed by atoms with E-state index in [1.807, 2.05) is 25.1 Å². The third kappa shape index (κ3) is 2.42. The normalized spacial score (nSPS) is 10.3. The quantitative estimate of drug-likeness (QED) is 0.873. The van der Waals surface area contributed by atoms with Crippen molar-refractivity contribution in [3.8, 4) is 17.0 Å². The second-order valence-corrected chi connectivity index (χ2v) is 3.80. The molecule has 2 rings (SSSR count). The Morgan fingerprint density at radius 3 is 2.82 bits per heavy atom. The van der Waals surface area contributed by atoms with Crippen LogP contribution in [0, 0.1) is 6.92 Å². The zero-order valence-corrected chi connectivity index (χ0v) is 9.97. The van der Waals surface area contributed by atoms with Crippen molar-refractivity contribution in [2.24, 2.45) is 5.73 Å². The number of aryl methyl sites for hydroxylation is 1. The minimum atomic E-state index is 0.384. The molecule has 0 saturated carbocycles. The first-order chi connectivity index (χ1) is 8.24. The van der Waals surface area contributed by atoms with Gasteiger partial charge in [-0.25, -0.2) is 4.98 Å². The maximum Gasteiger partial charge on any atom is 0.128 e. The maximum atomic E-state index is 5.56. The molecule has 0 bridgehead atoms. The van der Waals surface area contributed by atoms with Gasteiger partial charge in [-0.1, -0.05) is 11.6 Å². The maximum absolute atomic E-state index is 5.56. The average Bonchev–Trinajstić information content (AvgIpc) is 2.39. The van der Waals surface area contributed by atoms with Crippen LogP contribution in [0.15, 0.2) is 30.6 Å². The smallest absolute Gasteiger partial charge is 0.128 e. The van der Waals surface area contributed by atoms with Crippen molar-refractivity contribution in [3.05, 3.63) is 41.9 Å². The SMILES string of the molecule is COc1ccc(C)cc1-c1cncc(CN)n1. The standard InChI is InChI=1S/C13H15N3O/c1-9-3-4-13(17-2)11(5-9)12-8-15-7-10(6-14)16-12/h3-5,7-8H,6,14H2,1-2H3. The summed E-state index contributed by atoms with van der Waals surface area (Å²) in [4.78, 5) is 8.58. The molecule has 2 aromatic rings. The molecule has 0 aliphatic heterocycles. The molecule has 1 aromatic heterocycles. The van der Waals surface area contributed by atoms with Crippen LogP contribution in [0.25, 0.3) is 11.3 Å². The summed E-state index contributed by atoms with van der Waals surface area (Å²) < 4.78 is 5.33. The topological polar surface area (TPSA) is 61.0 Å². The first-order valence-electron chi connectivity index (χ1n) is 5.40. The van der Waals surface area contributed by atoms with Crippen molar-refractivity contribution in [1.82, 2.24) is 9.97 Å². The van der Waals surface area contributed by atoms with Gasteiger partial charge in [0.05, 0.1) is 24.7 Å². The summed E-state index contributed by atoms with van der Waals surface area (Å²) >= 11 is 0. The molecule has 0 spiro atoms. The fourth-order valence-corrected chi connectivity index (χ4v) is 1.66. The minimum absolute atomic E-state index is 0.384. The van der Waals surface area contributed by atoms with Gasteiger partial charge in [-0.3, -0.25) is 4.98 Å². The van der Waals surface area contributed by atoms with Crippen LogP contribution >= 0.6 is 0 Å². The second-order valence-electron chi connectivity index (χ2n) is 3.80. The summed E-state index contributed by atoms with van der Waals surface area (Å²) in [5.41, 5.74) is 9.21. The number of nitrogens with two attached hydrogens (primary N) is 1. The zero-order valence-electron chi connectivity index (χ0n) is 9.97. The van der Waals surface area contributed by atoms with E-state index in [0.717, 1.165) is 28.3 Å². The summed E-state index contributed by atoms with van der Waals surface area (Å²) in [5.74, 6) is 0.791. The van der Waals surface area contributed by atoms with Crippen LogP contribution in [0.5, 0.6) is 5.75 Å². The molecule has 88 valence electrons. The highest BCUT2D eigenvalue weighted by Gasteiger charge is 2.08. The van der Waals surface area contributed by atoms with Crippen molar-refractivity contribution in [2.75, 3.05) is 7.11 Å². The van der Waals surface area contributed by atoms with Gasteiger partial charge in [0.2, 0.25) is 0 Å². The highest BCUT2D eigenvalue weighted by atomic mass is 16.5. The number of hydrogen-bond donors (Lipinski definition) is 1. The molecule has 1 heterocycles. The van der Waals surface area contributed by atoms with Crippen molar-refractivity contribution >= 4 is 0 Å². The molecule has 0 amide bonds. The summed E-state index contributed by atoms with van der Waals surface area (Å²) in [6.07, 6.45) is 3.39. The summed E-state index contributed by atoms with van der Waals surface area (Å²) in [7, 11) is 1.65. The fourth-order valence-electron chi connectivity index (χ4n) is 1.66. The predicted molar refractivity (Wildman–Crippen MR) is 66.6 cm³/mol. The zero-order chi connectivity index (χ0) is 12.3. The van der Waals surface area contributed by atoms with Gasteiger partial charge in [0.15, 0.2) is 0 Å². The van der Waals surface area contributed by atoms with Gasteiger partial charge < -0.3 is 10.5 Å². The number of nitrogens with zero attached hydrogens (tertiary/aromatic N) is 2. The van der Waals surface area contributed by atoms with E-state index in [-0.39, 0.29) is 0 Å². The first kappa shape index (κ1) is 11.5. The number of aromatic nitrogens is 2. The second kappa shape index (κ2) is 4.93. The van der Waals surface area contributed by atoms with E-state index in [2.05, 4.69) is 9.97 Å². The number of methoxy groups -OCH3 is 1. The summed E-state index contributed by atoms with van der Waals surface area (Å²) in [6.45, 7) is 2.41. The molecule has 0 unspecified atom stereocenters. The Kier molecular flexibility index (Phi) is 3.35. The van der Waals surface area contributed by atoms with Crippen molar-refractivity contribution in [3.63, 3.8) is 0 Å². The van der Waals surface area contributed by atoms with Gasteiger partial charge in [-0.15, -0.1) is 0 Å². The van der Waals surface area contributed by atoms with Crippen LogP contribution in [0.3, 0.4) is 0 Å². The van der Waals surface area contributed by atoms with Crippen LogP contribution in [0.4, 0.5) is 0 Å². The van der Waals surface area contributed by atoms with Gasteiger partial charge >= 0.3 is 0 Å². The van der Waals surface area contributed by atoms with Crippen LogP contribution in [-0.4, -0.2) is 17.1 Å². The van der Waals surface area contributed by atoms with E-state index in [4.69, 9.17) is 10.5 Å². The Labute approximate surface area is 100 Å². The molecule has 0 radical (unpaired) electrons. The molecule has 1 aromatic carbocycles. The van der Waals surface area contributed by atoms with Gasteiger partial charge in [-0.2, -0.15) is 0 Å². The predicted octanol–water partition coefficient (Wildman–Crippen LogP) is 1.92. The highest BCUT2D eigenvalue weighted by Crippen LogP contribution is 2.28. The molecule has 4 heteroatoms. The van der Waals surface area contributed by atoms with Crippen LogP contribution in [0.1, 0.15) is 11.3 Å². The lowest BCUT2D eigenvalue weighted by Gasteiger charge is -2.09. The Morgan fingerprint density at radius 2 is 2.12 bits per heavy atom. The summed E-state index contributed by atoms with van der Waals surface area (Å²) in [6, 6.07) is 5.97. The highest BCUT2D eigenvalue weighted by molar-refractivity contribution is 5.67. The van der Waals surface area contributed by atoms with E-state index in [0.29, 0.717) is 6.54 Å². The van der Waals surface area contributed by atoms with E-state index in [1.54, 1.807) is 19.5 Å². The van der Waals surface area contributed by atoms with Gasteiger partial charge in [0, 0.05) is 18.3 Å². The van der Waals surface area contributed by atoms with Gasteiger partial charge in [0.25, 0.3) is 0 Å². The Morgan fingerprint density at radius 1 is 1.29 bits per heavy atom. The fraction of sp³-hybridized carbons (Fsp3) is 0.231. The lowest BCUT2D eigenvalue weighted by molar-refractivity contribution is 0.416. The van der Waals surface area contributed by atoms with Crippen LogP contribution in [0.2, 0.25) is 0 Å². The largest absolute Gasteiger partial charge is 0.496 e. The van der Waals surface area contributed by atoms with Crippen molar-refractivity contribution in [2.45, 2.75) is 13.5 Å². The monoisotopic (exact) mass is 229 g/mol. The van der Waals surface area contributed by atoms with E-state index >= 15 is 0 Å². The third-order valence-corrected chi connectivity index (χ3v) is 2.52. The Balaban J connectivity index is 2.54. The number of rotatable bonds is 3. The molecular weight excluding hydrogens is 214 g/mol. The molecule has 0 aliphatic carbocycles. The molecule has 0 fully saturated rings. The van der Waals surface area contributed by atoms with Gasteiger partial charge in [0.1, 0.15) is 5.75 Å². The lowest BCUT2D eigenvalue weighted by Crippen LogP contribution is -2.01. The third-order valence-electron chi connectivity index (χ3n) is 2.52. The molecule has 0 atom stereocenters. The Hall–Kier alpha value is -1.94. The van der Waals surface area contributed by atoms with E-state index in [9.17, 15) is 0 Å². The first-order valence-corrected chi connectivity index (χ1v) is 5.40. The van der Waals surface area contributed by atoms with Crippen molar-refractivity contribution < 1.29 is 4.74 Å². The Bertz CT molecular complexity index is 526. The number of ether oxygens (including phenoxy) is 1.